The minimum atomic E-state index is -2.35. The maximum atomic E-state index is 13.4. The van der Waals surface area contributed by atoms with Gasteiger partial charge in [-0.3, -0.25) is 0 Å². The SMILES string of the molecule is CC(C=NOCc1c(F)c(F)c(F)c(F)c1F)=NOCc1c(F)c(F)c(F)c(F)c1F. The molecular weight excluding hydrogens is 454 g/mol. The molecule has 0 radical (unpaired) electrons. The van der Waals surface area contributed by atoms with Gasteiger partial charge in [0, 0.05) is 0 Å². The summed E-state index contributed by atoms with van der Waals surface area (Å²) in [6, 6.07) is 0. The highest BCUT2D eigenvalue weighted by atomic mass is 19.2. The largest absolute Gasteiger partial charge is 0.391 e. The van der Waals surface area contributed by atoms with Crippen LogP contribution in [-0.4, -0.2) is 11.9 Å². The molecule has 2 aromatic carbocycles. The lowest BCUT2D eigenvalue weighted by Gasteiger charge is -2.07. The minimum absolute atomic E-state index is 0.235. The van der Waals surface area contributed by atoms with Crippen LogP contribution in [0.3, 0.4) is 0 Å². The number of nitrogens with zero attached hydrogens (tertiary/aromatic N) is 2. The standard InChI is InChI=1S/C17H8F10N2O2/c1-5(29-31-4-7-10(20)14(24)17(27)15(25)11(7)21)2-28-30-3-6-8(18)12(22)16(26)13(23)9(6)19/h2H,3-4H2,1H3. The number of rotatable bonds is 7. The fourth-order valence-corrected chi connectivity index (χ4v) is 1.99. The second kappa shape index (κ2) is 9.66. The molecule has 0 bridgehead atoms. The Morgan fingerprint density at radius 2 is 0.903 bits per heavy atom. The van der Waals surface area contributed by atoms with Crippen molar-refractivity contribution < 1.29 is 53.6 Å². The Labute approximate surface area is 166 Å². The van der Waals surface area contributed by atoms with Gasteiger partial charge in [-0.2, -0.15) is 0 Å². The van der Waals surface area contributed by atoms with Gasteiger partial charge in [0.05, 0.1) is 23.1 Å². The zero-order valence-corrected chi connectivity index (χ0v) is 15.0. The molecule has 168 valence electrons. The molecule has 0 fully saturated rings. The van der Waals surface area contributed by atoms with Gasteiger partial charge in [0.2, 0.25) is 11.6 Å². The van der Waals surface area contributed by atoms with Crippen LogP contribution in [0.4, 0.5) is 43.9 Å². The maximum absolute atomic E-state index is 13.4. The van der Waals surface area contributed by atoms with Crippen LogP contribution in [-0.2, 0) is 22.9 Å². The first kappa shape index (κ1) is 24.0. The van der Waals surface area contributed by atoms with E-state index in [4.69, 9.17) is 0 Å². The molecule has 14 heteroatoms. The fourth-order valence-electron chi connectivity index (χ4n) is 1.99. The van der Waals surface area contributed by atoms with Gasteiger partial charge in [0.1, 0.15) is 13.2 Å². The number of hydrogen-bond acceptors (Lipinski definition) is 4. The van der Waals surface area contributed by atoms with Crippen molar-refractivity contribution in [1.29, 1.82) is 0 Å². The van der Waals surface area contributed by atoms with Gasteiger partial charge >= 0.3 is 0 Å². The Morgan fingerprint density at radius 3 is 1.29 bits per heavy atom. The lowest BCUT2D eigenvalue weighted by molar-refractivity contribution is 0.121. The monoisotopic (exact) mass is 462 g/mol. The Hall–Kier alpha value is -3.32. The van der Waals surface area contributed by atoms with Crippen LogP contribution in [0.5, 0.6) is 0 Å². The van der Waals surface area contributed by atoms with Crippen LogP contribution in [0.1, 0.15) is 18.1 Å². The molecule has 0 amide bonds. The predicted molar refractivity (Wildman–Crippen MR) is 83.6 cm³/mol. The fraction of sp³-hybridized carbons (Fsp3) is 0.176. The van der Waals surface area contributed by atoms with E-state index in [0.29, 0.717) is 6.21 Å². The topological polar surface area (TPSA) is 43.2 Å². The van der Waals surface area contributed by atoms with E-state index in [9.17, 15) is 43.9 Å². The summed E-state index contributed by atoms with van der Waals surface area (Å²) in [5, 5.41) is 6.31. The Balaban J connectivity index is 2.01. The molecule has 0 spiro atoms. The zero-order valence-electron chi connectivity index (χ0n) is 15.0. The molecule has 0 unspecified atom stereocenters. The van der Waals surface area contributed by atoms with Crippen LogP contribution < -0.4 is 0 Å². The van der Waals surface area contributed by atoms with Crippen LogP contribution in [0.2, 0.25) is 0 Å². The van der Waals surface area contributed by atoms with Crippen molar-refractivity contribution in [2.45, 2.75) is 20.1 Å². The molecule has 4 nitrogen and oxygen atoms in total. The van der Waals surface area contributed by atoms with E-state index in [1.165, 1.54) is 0 Å². The predicted octanol–water partition coefficient (Wildman–Crippen LogP) is 5.17. The van der Waals surface area contributed by atoms with Gasteiger partial charge in [0.15, 0.2) is 46.5 Å². The van der Waals surface area contributed by atoms with Gasteiger partial charge in [-0.1, -0.05) is 10.3 Å². The van der Waals surface area contributed by atoms with Crippen molar-refractivity contribution in [3.8, 4) is 0 Å². The summed E-state index contributed by atoms with van der Waals surface area (Å²) in [6.45, 7) is -1.19. The second-order valence-corrected chi connectivity index (χ2v) is 5.61. The maximum Gasteiger partial charge on any atom is 0.200 e. The van der Waals surface area contributed by atoms with Crippen LogP contribution in [0, 0.1) is 58.2 Å². The van der Waals surface area contributed by atoms with Gasteiger partial charge in [-0.05, 0) is 6.92 Å². The lowest BCUT2D eigenvalue weighted by atomic mass is 10.2. The summed E-state index contributed by atoms with van der Waals surface area (Å²) in [6.07, 6.45) is 0.699. The highest BCUT2D eigenvalue weighted by molar-refractivity contribution is 6.29. The third-order valence-electron chi connectivity index (χ3n) is 3.54. The summed E-state index contributed by atoms with van der Waals surface area (Å²) >= 11 is 0. The molecule has 2 rings (SSSR count). The third kappa shape index (κ3) is 4.88. The number of benzene rings is 2. The quantitative estimate of drug-likeness (QED) is 0.187. The first-order valence-corrected chi connectivity index (χ1v) is 7.81. The Morgan fingerprint density at radius 1 is 0.581 bits per heavy atom. The molecule has 0 N–H and O–H groups in total. The van der Waals surface area contributed by atoms with Gasteiger partial charge in [-0.15, -0.1) is 0 Å². The molecule has 0 aliphatic carbocycles. The van der Waals surface area contributed by atoms with Gasteiger partial charge in [-0.25, -0.2) is 43.9 Å². The number of hydrogen-bond donors (Lipinski definition) is 0. The number of halogens is 10. The Bertz CT molecular complexity index is 1010. The van der Waals surface area contributed by atoms with Crippen molar-refractivity contribution in [2.75, 3.05) is 0 Å². The van der Waals surface area contributed by atoms with E-state index in [-0.39, 0.29) is 5.71 Å². The average molecular weight is 462 g/mol. The highest BCUT2D eigenvalue weighted by Crippen LogP contribution is 2.24. The second-order valence-electron chi connectivity index (χ2n) is 5.61. The summed E-state index contributed by atoms with van der Waals surface area (Å²) in [7, 11) is 0. The van der Waals surface area contributed by atoms with Crippen molar-refractivity contribution in [3.05, 3.63) is 69.3 Å². The molecule has 0 saturated heterocycles. The summed E-state index contributed by atoms with van der Waals surface area (Å²) in [5.41, 5.74) is -2.83. The van der Waals surface area contributed by atoms with Crippen LogP contribution in [0.25, 0.3) is 0 Å². The molecule has 0 saturated carbocycles. The van der Waals surface area contributed by atoms with E-state index in [1.807, 2.05) is 0 Å². The van der Waals surface area contributed by atoms with Crippen molar-refractivity contribution in [1.82, 2.24) is 0 Å². The molecule has 2 aromatic rings. The summed E-state index contributed by atoms with van der Waals surface area (Å²) in [5.74, 6) is -21.9. The molecule has 0 heterocycles. The molecule has 31 heavy (non-hydrogen) atoms. The van der Waals surface area contributed by atoms with E-state index < -0.39 is 82.5 Å². The third-order valence-corrected chi connectivity index (χ3v) is 3.54. The van der Waals surface area contributed by atoms with Crippen molar-refractivity contribution >= 4 is 11.9 Å². The molecular formula is C17H8F10N2O2. The molecule has 0 aliphatic heterocycles. The van der Waals surface area contributed by atoms with E-state index in [0.717, 1.165) is 6.92 Å². The van der Waals surface area contributed by atoms with Gasteiger partial charge < -0.3 is 9.68 Å². The van der Waals surface area contributed by atoms with Crippen LogP contribution >= 0.6 is 0 Å². The molecule has 0 aromatic heterocycles. The minimum Gasteiger partial charge on any atom is -0.391 e. The van der Waals surface area contributed by atoms with E-state index in [2.05, 4.69) is 20.0 Å². The number of oxime groups is 2. The summed E-state index contributed by atoms with van der Waals surface area (Å²) < 4.78 is 132. The van der Waals surface area contributed by atoms with Crippen molar-refractivity contribution in [3.63, 3.8) is 0 Å². The average Bonchev–Trinajstić information content (AvgIpc) is 2.75. The van der Waals surface area contributed by atoms with E-state index >= 15 is 0 Å². The van der Waals surface area contributed by atoms with Gasteiger partial charge in [0.25, 0.3) is 0 Å². The lowest BCUT2D eigenvalue weighted by Crippen LogP contribution is -2.08. The van der Waals surface area contributed by atoms with E-state index in [1.54, 1.807) is 0 Å². The van der Waals surface area contributed by atoms with Crippen LogP contribution in [0.15, 0.2) is 10.3 Å². The zero-order chi connectivity index (χ0) is 23.5. The molecule has 0 aliphatic rings. The van der Waals surface area contributed by atoms with Crippen molar-refractivity contribution in [2.24, 2.45) is 10.3 Å². The smallest absolute Gasteiger partial charge is 0.200 e. The summed E-state index contributed by atoms with van der Waals surface area (Å²) in [4.78, 5) is 8.82. The first-order valence-electron chi connectivity index (χ1n) is 7.81. The normalized spacial score (nSPS) is 12.0. The first-order chi connectivity index (χ1) is 14.5. The Kier molecular flexibility index (Phi) is 7.46. The highest BCUT2D eigenvalue weighted by Gasteiger charge is 2.27. The molecule has 0 atom stereocenters.